The summed E-state index contributed by atoms with van der Waals surface area (Å²) >= 11 is 5.77. The molecule has 1 N–H and O–H groups in total. The molecule has 1 aliphatic heterocycles. The predicted octanol–water partition coefficient (Wildman–Crippen LogP) is 2.60. The molecule has 7 heteroatoms. The van der Waals surface area contributed by atoms with Crippen LogP contribution in [0.5, 0.6) is 0 Å². The fourth-order valence-electron chi connectivity index (χ4n) is 2.60. The summed E-state index contributed by atoms with van der Waals surface area (Å²) in [5.74, 6) is -1.24. The van der Waals surface area contributed by atoms with Crippen molar-refractivity contribution in [2.24, 2.45) is 0 Å². The number of aromatic carboxylic acids is 1. The molecule has 0 spiro atoms. The van der Waals surface area contributed by atoms with E-state index in [1.165, 1.54) is 16.4 Å². The number of carboxylic acids is 1. The van der Waals surface area contributed by atoms with Crippen LogP contribution in [0.2, 0.25) is 5.02 Å². The molecule has 1 aliphatic rings. The molecule has 1 saturated heterocycles. The lowest BCUT2D eigenvalue weighted by Crippen LogP contribution is -2.38. The van der Waals surface area contributed by atoms with E-state index in [4.69, 9.17) is 16.7 Å². The van der Waals surface area contributed by atoms with Crippen molar-refractivity contribution in [2.45, 2.75) is 43.7 Å². The second kappa shape index (κ2) is 5.35. The summed E-state index contributed by atoms with van der Waals surface area (Å²) in [6.45, 7) is 3.71. The van der Waals surface area contributed by atoms with E-state index < -0.39 is 16.0 Å². The van der Waals surface area contributed by atoms with Gasteiger partial charge in [-0.25, -0.2) is 13.2 Å². The van der Waals surface area contributed by atoms with Gasteiger partial charge < -0.3 is 5.11 Å². The van der Waals surface area contributed by atoms with Gasteiger partial charge in [0.25, 0.3) is 0 Å². The van der Waals surface area contributed by atoms with Gasteiger partial charge in [0, 0.05) is 12.1 Å². The molecule has 0 amide bonds. The first-order valence-electron chi connectivity index (χ1n) is 6.31. The summed E-state index contributed by atoms with van der Waals surface area (Å²) in [6, 6.07) is 3.61. The zero-order valence-corrected chi connectivity index (χ0v) is 12.8. The molecule has 0 radical (unpaired) electrons. The zero-order valence-electron chi connectivity index (χ0n) is 11.2. The lowest BCUT2D eigenvalue weighted by Gasteiger charge is -2.25. The lowest BCUT2D eigenvalue weighted by molar-refractivity contribution is 0.0697. The van der Waals surface area contributed by atoms with E-state index in [0.29, 0.717) is 0 Å². The Morgan fingerprint density at radius 2 is 1.85 bits per heavy atom. The van der Waals surface area contributed by atoms with Crippen LogP contribution in [-0.2, 0) is 10.0 Å². The van der Waals surface area contributed by atoms with Gasteiger partial charge in [-0.2, -0.15) is 4.31 Å². The Hall–Kier alpha value is -1.11. The third kappa shape index (κ3) is 2.55. The fourth-order valence-corrected chi connectivity index (χ4v) is 4.70. The summed E-state index contributed by atoms with van der Waals surface area (Å²) in [4.78, 5) is 11.0. The van der Waals surface area contributed by atoms with Crippen molar-refractivity contribution in [2.75, 3.05) is 0 Å². The van der Waals surface area contributed by atoms with Crippen molar-refractivity contribution in [1.82, 2.24) is 4.31 Å². The molecular weight excluding hydrogens is 302 g/mol. The first-order chi connectivity index (χ1) is 9.25. The van der Waals surface area contributed by atoms with Gasteiger partial charge in [-0.3, -0.25) is 0 Å². The van der Waals surface area contributed by atoms with Gasteiger partial charge >= 0.3 is 5.97 Å². The number of hydrogen-bond acceptors (Lipinski definition) is 3. The smallest absolute Gasteiger partial charge is 0.337 e. The first-order valence-corrected chi connectivity index (χ1v) is 8.13. The van der Waals surface area contributed by atoms with E-state index in [-0.39, 0.29) is 27.6 Å². The Kier molecular flexibility index (Phi) is 4.09. The monoisotopic (exact) mass is 317 g/mol. The van der Waals surface area contributed by atoms with Crippen LogP contribution in [0.25, 0.3) is 0 Å². The molecule has 110 valence electrons. The average molecular weight is 318 g/mol. The molecular formula is C13H16ClNO4S. The summed E-state index contributed by atoms with van der Waals surface area (Å²) < 4.78 is 26.7. The standard InChI is InChI=1S/C13H16ClNO4S/c1-8-3-4-9(2)15(8)20(18,19)10-5-6-12(14)11(7-10)13(16)17/h5-9H,3-4H2,1-2H3,(H,16,17). The normalized spacial score (nSPS) is 23.9. The second-order valence-electron chi connectivity index (χ2n) is 5.06. The molecule has 0 saturated carbocycles. The number of hydrogen-bond donors (Lipinski definition) is 1. The van der Waals surface area contributed by atoms with E-state index in [2.05, 4.69) is 0 Å². The van der Waals surface area contributed by atoms with Gasteiger partial charge in [0.1, 0.15) is 0 Å². The maximum Gasteiger partial charge on any atom is 0.337 e. The Balaban J connectivity index is 2.50. The molecule has 1 aromatic rings. The fraction of sp³-hybridized carbons (Fsp3) is 0.462. The van der Waals surface area contributed by atoms with Crippen LogP contribution in [0.15, 0.2) is 23.1 Å². The Bertz CT molecular complexity index is 634. The van der Waals surface area contributed by atoms with E-state index in [9.17, 15) is 13.2 Å². The number of sulfonamides is 1. The van der Waals surface area contributed by atoms with Crippen molar-refractivity contribution < 1.29 is 18.3 Å². The van der Waals surface area contributed by atoms with Gasteiger partial charge in [0.15, 0.2) is 0 Å². The Morgan fingerprint density at radius 1 is 1.30 bits per heavy atom. The molecule has 2 atom stereocenters. The van der Waals surface area contributed by atoms with Crippen LogP contribution < -0.4 is 0 Å². The minimum atomic E-state index is -3.70. The third-order valence-electron chi connectivity index (χ3n) is 3.61. The van der Waals surface area contributed by atoms with Gasteiger partial charge in [-0.1, -0.05) is 11.6 Å². The number of halogens is 1. The molecule has 1 fully saturated rings. The summed E-state index contributed by atoms with van der Waals surface area (Å²) in [5, 5.41) is 9.06. The largest absolute Gasteiger partial charge is 0.478 e. The molecule has 1 aromatic carbocycles. The molecule has 0 bridgehead atoms. The van der Waals surface area contributed by atoms with Crippen molar-refractivity contribution in [3.05, 3.63) is 28.8 Å². The maximum atomic E-state index is 12.6. The molecule has 1 heterocycles. The topological polar surface area (TPSA) is 74.7 Å². The van der Waals surface area contributed by atoms with Crippen molar-refractivity contribution >= 4 is 27.6 Å². The Morgan fingerprint density at radius 3 is 2.35 bits per heavy atom. The number of benzene rings is 1. The van der Waals surface area contributed by atoms with Gasteiger partial charge in [-0.15, -0.1) is 0 Å². The van der Waals surface area contributed by atoms with Gasteiger partial charge in [-0.05, 0) is 44.9 Å². The van der Waals surface area contributed by atoms with Crippen molar-refractivity contribution in [3.8, 4) is 0 Å². The van der Waals surface area contributed by atoms with Gasteiger partial charge in [0.05, 0.1) is 15.5 Å². The quantitative estimate of drug-likeness (QED) is 0.929. The number of rotatable bonds is 3. The van der Waals surface area contributed by atoms with E-state index in [1.807, 2.05) is 13.8 Å². The van der Waals surface area contributed by atoms with Crippen LogP contribution in [0.3, 0.4) is 0 Å². The molecule has 0 aromatic heterocycles. The number of nitrogens with zero attached hydrogens (tertiary/aromatic N) is 1. The highest BCUT2D eigenvalue weighted by atomic mass is 35.5. The molecule has 2 unspecified atom stereocenters. The Labute approximate surface area is 123 Å². The SMILES string of the molecule is CC1CCC(C)N1S(=O)(=O)c1ccc(Cl)c(C(=O)O)c1. The lowest BCUT2D eigenvalue weighted by atomic mass is 10.2. The molecule has 0 aliphatic carbocycles. The maximum absolute atomic E-state index is 12.6. The number of carboxylic acid groups (broad SMARTS) is 1. The van der Waals surface area contributed by atoms with Gasteiger partial charge in [0.2, 0.25) is 10.0 Å². The highest BCUT2D eigenvalue weighted by Crippen LogP contribution is 2.31. The van der Waals surface area contributed by atoms with Crippen molar-refractivity contribution in [1.29, 1.82) is 0 Å². The van der Waals surface area contributed by atoms with Crippen LogP contribution >= 0.6 is 11.6 Å². The first kappa shape index (κ1) is 15.3. The third-order valence-corrected chi connectivity index (χ3v) is 6.07. The van der Waals surface area contributed by atoms with Crippen molar-refractivity contribution in [3.63, 3.8) is 0 Å². The summed E-state index contributed by atoms with van der Waals surface area (Å²) in [5.41, 5.74) is -0.202. The summed E-state index contributed by atoms with van der Waals surface area (Å²) in [6.07, 6.45) is 1.61. The minimum absolute atomic E-state index is 0.0268. The highest BCUT2D eigenvalue weighted by molar-refractivity contribution is 7.89. The molecule has 2 rings (SSSR count). The van der Waals surface area contributed by atoms with E-state index >= 15 is 0 Å². The predicted molar refractivity (Wildman–Crippen MR) is 75.6 cm³/mol. The summed E-state index contributed by atoms with van der Waals surface area (Å²) in [7, 11) is -3.70. The van der Waals surface area contributed by atoms with Crippen LogP contribution in [-0.4, -0.2) is 35.9 Å². The van der Waals surface area contributed by atoms with E-state index in [0.717, 1.165) is 18.9 Å². The average Bonchev–Trinajstić information content (AvgIpc) is 2.69. The van der Waals surface area contributed by atoms with Crippen LogP contribution in [0.1, 0.15) is 37.0 Å². The second-order valence-corrected chi connectivity index (χ2v) is 7.31. The van der Waals surface area contributed by atoms with Crippen LogP contribution in [0, 0.1) is 0 Å². The zero-order chi connectivity index (χ0) is 15.1. The molecule has 5 nitrogen and oxygen atoms in total. The molecule has 20 heavy (non-hydrogen) atoms. The van der Waals surface area contributed by atoms with E-state index in [1.54, 1.807) is 0 Å². The van der Waals surface area contributed by atoms with Crippen LogP contribution in [0.4, 0.5) is 0 Å². The highest BCUT2D eigenvalue weighted by Gasteiger charge is 2.38. The number of carbonyl (C=O) groups is 1. The minimum Gasteiger partial charge on any atom is -0.478 e.